The van der Waals surface area contributed by atoms with Crippen molar-refractivity contribution in [1.29, 1.82) is 0 Å². The second kappa shape index (κ2) is 5.65. The van der Waals surface area contributed by atoms with Gasteiger partial charge in [-0.2, -0.15) is 0 Å². The van der Waals surface area contributed by atoms with Crippen molar-refractivity contribution < 1.29 is 19.4 Å². The quantitative estimate of drug-likeness (QED) is 0.431. The van der Waals surface area contributed by atoms with Gasteiger partial charge in [0.2, 0.25) is 0 Å². The van der Waals surface area contributed by atoms with E-state index in [1.54, 1.807) is 34.9 Å². The van der Waals surface area contributed by atoms with Gasteiger partial charge in [0.25, 0.3) is 0 Å². The molecule has 0 spiro atoms. The third kappa shape index (κ3) is 6.19. The zero-order chi connectivity index (χ0) is 12.9. The fourth-order valence-corrected chi connectivity index (χ4v) is 0.864. The van der Waals surface area contributed by atoms with Gasteiger partial charge in [-0.3, -0.25) is 4.79 Å². The topological polar surface area (TPSA) is 66.8 Å². The maximum Gasteiger partial charge on any atom is 0.340 e. The maximum absolute atomic E-state index is 11.6. The minimum atomic E-state index is -1.24. The summed E-state index contributed by atoms with van der Waals surface area (Å²) in [6, 6.07) is 0. The van der Waals surface area contributed by atoms with Crippen molar-refractivity contribution in [3.05, 3.63) is 11.8 Å². The van der Waals surface area contributed by atoms with Crippen LogP contribution in [-0.2, 0) is 14.3 Å². The van der Waals surface area contributed by atoms with Crippen LogP contribution in [0.15, 0.2) is 11.8 Å². The van der Waals surface area contributed by atoms with Crippen LogP contribution in [0.25, 0.3) is 0 Å². The summed E-state index contributed by atoms with van der Waals surface area (Å²) in [5, 5.41) is 8.85. The lowest BCUT2D eigenvalue weighted by Crippen LogP contribution is -2.27. The number of ketones is 1. The fourth-order valence-electron chi connectivity index (χ4n) is 0.864. The van der Waals surface area contributed by atoms with Gasteiger partial charge in [0.15, 0.2) is 5.78 Å². The van der Waals surface area contributed by atoms with Crippen LogP contribution in [0, 0.1) is 0 Å². The third-order valence-electron chi connectivity index (χ3n) is 1.55. The minimum Gasteiger partial charge on any atom is -0.478 e. The summed E-state index contributed by atoms with van der Waals surface area (Å²) >= 11 is 0. The van der Waals surface area contributed by atoms with E-state index in [-0.39, 0.29) is 12.2 Å². The third-order valence-corrected chi connectivity index (χ3v) is 1.55. The Kier molecular flexibility index (Phi) is 5.17. The molecule has 0 saturated carbocycles. The van der Waals surface area contributed by atoms with Crippen LogP contribution in [0.4, 0.5) is 0 Å². The summed E-state index contributed by atoms with van der Waals surface area (Å²) < 4.78 is 5.23. The number of nitrogens with zero attached hydrogens (tertiary/aromatic N) is 1. The molecule has 0 bridgehead atoms. The van der Waals surface area contributed by atoms with Crippen LogP contribution in [0.3, 0.4) is 0 Å². The molecule has 1 N–H and O–H groups in total. The number of rotatable bonds is 5. The minimum absolute atomic E-state index is 0.227. The average molecular weight is 229 g/mol. The molecule has 0 amide bonds. The van der Waals surface area contributed by atoms with Crippen LogP contribution < -0.4 is 0 Å². The molecule has 16 heavy (non-hydrogen) atoms. The van der Waals surface area contributed by atoms with Gasteiger partial charge < -0.3 is 14.7 Å². The summed E-state index contributed by atoms with van der Waals surface area (Å²) in [7, 11) is 3.31. The maximum atomic E-state index is 11.6. The summed E-state index contributed by atoms with van der Waals surface area (Å²) in [4.78, 5) is 23.9. The molecule has 5 nitrogen and oxygen atoms in total. The van der Waals surface area contributed by atoms with Gasteiger partial charge in [-0.15, -0.1) is 0 Å². The molecule has 92 valence electrons. The predicted octanol–water partition coefficient (Wildman–Crippen LogP) is 0.901. The molecule has 0 aliphatic heterocycles. The highest BCUT2D eigenvalue weighted by molar-refractivity contribution is 6.17. The first-order chi connectivity index (χ1) is 7.13. The first-order valence-corrected chi connectivity index (χ1v) is 4.92. The Morgan fingerprint density at radius 1 is 1.31 bits per heavy atom. The number of carbonyl (C=O) groups is 2. The fraction of sp³-hybridized carbons (Fsp3) is 0.636. The number of aliphatic carboxylic acids is 1. The lowest BCUT2D eigenvalue weighted by molar-refractivity contribution is -0.136. The highest BCUT2D eigenvalue weighted by Crippen LogP contribution is 2.08. The second-order valence-electron chi connectivity index (χ2n) is 4.64. The van der Waals surface area contributed by atoms with Crippen molar-refractivity contribution >= 4 is 11.8 Å². The lowest BCUT2D eigenvalue weighted by Gasteiger charge is -2.19. The van der Waals surface area contributed by atoms with Crippen molar-refractivity contribution in [3.63, 3.8) is 0 Å². The van der Waals surface area contributed by atoms with Gasteiger partial charge in [-0.1, -0.05) is 0 Å². The largest absolute Gasteiger partial charge is 0.478 e. The molecule has 0 unspecified atom stereocenters. The van der Waals surface area contributed by atoms with Gasteiger partial charge >= 0.3 is 5.97 Å². The van der Waals surface area contributed by atoms with E-state index in [0.717, 1.165) is 0 Å². The first-order valence-electron chi connectivity index (χ1n) is 4.92. The van der Waals surface area contributed by atoms with Crippen molar-refractivity contribution in [2.24, 2.45) is 0 Å². The molecule has 0 aliphatic rings. The highest BCUT2D eigenvalue weighted by Gasteiger charge is 2.20. The molecule has 5 heteroatoms. The molecule has 0 atom stereocenters. The van der Waals surface area contributed by atoms with E-state index in [0.29, 0.717) is 0 Å². The molecular weight excluding hydrogens is 210 g/mol. The Bertz CT molecular complexity index is 300. The van der Waals surface area contributed by atoms with Crippen molar-refractivity contribution in [2.75, 3.05) is 20.7 Å². The van der Waals surface area contributed by atoms with Gasteiger partial charge in [0, 0.05) is 20.3 Å². The number of Topliss-reactive ketones (excluding diaryl/α,β-unsaturated/α-hetero) is 1. The zero-order valence-electron chi connectivity index (χ0n) is 10.4. The monoisotopic (exact) mass is 229 g/mol. The van der Waals surface area contributed by atoms with Gasteiger partial charge in [0.1, 0.15) is 12.2 Å². The standard InChI is InChI=1S/C11H19NO4/c1-11(2,3)16-7-9(13)8(10(14)15)6-12(4)5/h6H,7H2,1-5H3,(H,14,15)/b8-6-. The van der Waals surface area contributed by atoms with E-state index in [2.05, 4.69) is 0 Å². The summed E-state index contributed by atoms with van der Waals surface area (Å²) in [6.07, 6.45) is 1.27. The van der Waals surface area contributed by atoms with Crippen molar-refractivity contribution in [2.45, 2.75) is 26.4 Å². The molecular formula is C11H19NO4. The smallest absolute Gasteiger partial charge is 0.340 e. The van der Waals surface area contributed by atoms with Crippen LogP contribution in [0.2, 0.25) is 0 Å². The van der Waals surface area contributed by atoms with E-state index >= 15 is 0 Å². The van der Waals surface area contributed by atoms with Gasteiger partial charge in [0.05, 0.1) is 5.60 Å². The molecule has 0 fully saturated rings. The van der Waals surface area contributed by atoms with Gasteiger partial charge in [-0.05, 0) is 20.8 Å². The Morgan fingerprint density at radius 2 is 1.81 bits per heavy atom. The van der Waals surface area contributed by atoms with E-state index in [1.807, 2.05) is 0 Å². The lowest BCUT2D eigenvalue weighted by atomic mass is 10.1. The second-order valence-corrected chi connectivity index (χ2v) is 4.64. The summed E-state index contributed by atoms with van der Waals surface area (Å²) in [5.74, 6) is -1.77. The number of hydrogen-bond acceptors (Lipinski definition) is 4. The zero-order valence-corrected chi connectivity index (χ0v) is 10.4. The number of carboxylic acids is 1. The van der Waals surface area contributed by atoms with E-state index < -0.39 is 17.4 Å². The van der Waals surface area contributed by atoms with Crippen LogP contribution in [0.1, 0.15) is 20.8 Å². The molecule has 0 aliphatic carbocycles. The SMILES string of the molecule is CN(C)/C=C(\C(=O)O)C(=O)COC(C)(C)C. The summed E-state index contributed by atoms with van der Waals surface area (Å²) in [5.41, 5.74) is -0.730. The normalized spacial score (nSPS) is 12.4. The molecule has 0 rings (SSSR count). The van der Waals surface area contributed by atoms with Crippen LogP contribution in [0.5, 0.6) is 0 Å². The molecule has 0 heterocycles. The van der Waals surface area contributed by atoms with Gasteiger partial charge in [-0.25, -0.2) is 4.79 Å². The number of carboxylic acid groups (broad SMARTS) is 1. The molecule has 0 radical (unpaired) electrons. The Morgan fingerprint density at radius 3 is 2.12 bits per heavy atom. The van der Waals surface area contributed by atoms with E-state index in [4.69, 9.17) is 9.84 Å². The highest BCUT2D eigenvalue weighted by atomic mass is 16.5. The Labute approximate surface area is 95.7 Å². The van der Waals surface area contributed by atoms with Crippen LogP contribution >= 0.6 is 0 Å². The summed E-state index contributed by atoms with van der Waals surface area (Å²) in [6.45, 7) is 5.18. The first kappa shape index (κ1) is 14.6. The number of hydrogen-bond donors (Lipinski definition) is 1. The van der Waals surface area contributed by atoms with Crippen molar-refractivity contribution in [1.82, 2.24) is 4.90 Å². The predicted molar refractivity (Wildman–Crippen MR) is 60.1 cm³/mol. The number of ether oxygens (including phenoxy) is 1. The molecule has 0 aromatic rings. The van der Waals surface area contributed by atoms with E-state index in [1.165, 1.54) is 11.1 Å². The molecule has 0 aromatic heterocycles. The Hall–Kier alpha value is -1.36. The molecule has 0 aromatic carbocycles. The average Bonchev–Trinajstić information content (AvgIpc) is 2.08. The van der Waals surface area contributed by atoms with Crippen molar-refractivity contribution in [3.8, 4) is 0 Å². The molecule has 0 saturated heterocycles. The van der Waals surface area contributed by atoms with Crippen LogP contribution in [-0.4, -0.2) is 48.1 Å². The number of carbonyl (C=O) groups excluding carboxylic acids is 1. The Balaban J connectivity index is 4.60. The van der Waals surface area contributed by atoms with E-state index in [9.17, 15) is 9.59 Å².